The second-order valence-corrected chi connectivity index (χ2v) is 13.3. The average molecular weight is 575 g/mol. The van der Waals surface area contributed by atoms with Crippen LogP contribution in [0.15, 0.2) is 23.8 Å². The number of rotatable bonds is 13. The monoisotopic (exact) mass is 574 g/mol. The third-order valence-electron chi connectivity index (χ3n) is 10.6. The molecule has 3 fully saturated rings. The summed E-state index contributed by atoms with van der Waals surface area (Å²) in [6, 6.07) is 0.0561. The normalized spacial score (nSPS) is 39.0. The van der Waals surface area contributed by atoms with E-state index >= 15 is 0 Å². The van der Waals surface area contributed by atoms with E-state index in [1.54, 1.807) is 12.2 Å². The molecule has 3 aliphatic carbocycles. The van der Waals surface area contributed by atoms with Crippen molar-refractivity contribution in [3.8, 4) is 0 Å². The second-order valence-electron chi connectivity index (χ2n) is 13.3. The molecule has 0 spiro atoms. The minimum absolute atomic E-state index is 0.00162. The number of Topliss-reactive ketones (excluding diaryl/α,β-unsaturated/α-hetero) is 1. The van der Waals surface area contributed by atoms with Crippen molar-refractivity contribution in [2.75, 3.05) is 26.5 Å². The first-order valence-electron chi connectivity index (χ1n) is 15.4. The number of carbonyl (C=O) groups is 3. The molecule has 2 saturated carbocycles. The fraction of sp³-hybridized carbons (Fsp3) is 0.781. The third kappa shape index (κ3) is 5.98. The zero-order valence-corrected chi connectivity index (χ0v) is 25.5. The molecule has 4 aliphatic rings. The minimum atomic E-state index is -1.28. The van der Waals surface area contributed by atoms with Crippen LogP contribution in [0.2, 0.25) is 0 Å². The van der Waals surface area contributed by atoms with E-state index in [1.165, 1.54) is 4.90 Å². The Labute approximate surface area is 244 Å². The van der Waals surface area contributed by atoms with Gasteiger partial charge in [-0.1, -0.05) is 45.8 Å². The highest BCUT2D eigenvalue weighted by atomic mass is 16.7. The van der Waals surface area contributed by atoms with Gasteiger partial charge in [-0.15, -0.1) is 0 Å². The van der Waals surface area contributed by atoms with Gasteiger partial charge in [0.15, 0.2) is 23.5 Å². The fourth-order valence-electron chi connectivity index (χ4n) is 8.13. The molecule has 1 amide bonds. The Kier molecular flexibility index (Phi) is 9.96. The number of aliphatic hydroxyl groups excluding tert-OH is 1. The highest BCUT2D eigenvalue weighted by molar-refractivity contribution is 6.01. The van der Waals surface area contributed by atoms with E-state index in [2.05, 4.69) is 20.8 Å². The summed E-state index contributed by atoms with van der Waals surface area (Å²) in [6.45, 7) is 10.7. The Hall–Kier alpha value is -1.91. The van der Waals surface area contributed by atoms with Gasteiger partial charge in [0.1, 0.15) is 13.3 Å². The number of allylic oxidation sites excluding steroid dienone is 4. The van der Waals surface area contributed by atoms with Gasteiger partial charge in [0.25, 0.3) is 0 Å². The molecule has 9 nitrogen and oxygen atoms in total. The summed E-state index contributed by atoms with van der Waals surface area (Å²) < 4.78 is 18.5. The Morgan fingerprint density at radius 2 is 2.12 bits per heavy atom. The first kappa shape index (κ1) is 32.0. The highest BCUT2D eigenvalue weighted by Crippen LogP contribution is 2.64. The van der Waals surface area contributed by atoms with E-state index in [4.69, 9.17) is 19.9 Å². The zero-order valence-electron chi connectivity index (χ0n) is 25.5. The average Bonchev–Trinajstić information content (AvgIpc) is 3.36. The van der Waals surface area contributed by atoms with Gasteiger partial charge in [0.05, 0.1) is 12.7 Å². The van der Waals surface area contributed by atoms with Crippen molar-refractivity contribution in [2.24, 2.45) is 34.3 Å². The van der Waals surface area contributed by atoms with Crippen molar-refractivity contribution in [1.82, 2.24) is 4.90 Å². The molecule has 0 aromatic heterocycles. The summed E-state index contributed by atoms with van der Waals surface area (Å²) in [6.07, 6.45) is 9.92. The van der Waals surface area contributed by atoms with E-state index in [0.29, 0.717) is 19.4 Å². The van der Waals surface area contributed by atoms with Gasteiger partial charge >= 0.3 is 0 Å². The predicted molar refractivity (Wildman–Crippen MR) is 154 cm³/mol. The number of hydrogen-bond donors (Lipinski definition) is 2. The molecule has 230 valence electrons. The summed E-state index contributed by atoms with van der Waals surface area (Å²) in [5.41, 5.74) is 4.51. The quantitative estimate of drug-likeness (QED) is 0.253. The standard InChI is InChI=1S/C32H50N2O7/c1-6-8-28-40-18-32(41-28,27(38)17-39-20-34(19-35)14-7-9-21(2)33)31(5)16-26(37)29-25(22(31)3)11-10-23-15-24(36)12-13-30(23,29)4/h12-13,15,19,21-22,25-26,28-29,37H,6-11,14,16-18,20,33H2,1-5H3. The molecule has 0 aromatic carbocycles. The Bertz CT molecular complexity index is 1040. The van der Waals surface area contributed by atoms with Crippen molar-refractivity contribution in [2.45, 2.75) is 104 Å². The molecule has 9 atom stereocenters. The number of hydrogen-bond acceptors (Lipinski definition) is 8. The number of ketones is 2. The molecular weight excluding hydrogens is 524 g/mol. The van der Waals surface area contributed by atoms with Gasteiger partial charge in [0, 0.05) is 29.3 Å². The summed E-state index contributed by atoms with van der Waals surface area (Å²) in [7, 11) is 0. The maximum atomic E-state index is 14.1. The van der Waals surface area contributed by atoms with Crippen LogP contribution in [-0.4, -0.2) is 78.5 Å². The molecule has 1 saturated heterocycles. The van der Waals surface area contributed by atoms with Crippen LogP contribution >= 0.6 is 0 Å². The van der Waals surface area contributed by atoms with Crippen molar-refractivity contribution < 1.29 is 33.7 Å². The lowest BCUT2D eigenvalue weighted by atomic mass is 9.44. The van der Waals surface area contributed by atoms with Crippen molar-refractivity contribution >= 4 is 18.0 Å². The van der Waals surface area contributed by atoms with Gasteiger partial charge in [-0.25, -0.2) is 0 Å². The number of nitrogens with zero attached hydrogens (tertiary/aromatic N) is 1. The Morgan fingerprint density at radius 1 is 1.37 bits per heavy atom. The van der Waals surface area contributed by atoms with Crippen LogP contribution in [-0.2, 0) is 28.6 Å². The van der Waals surface area contributed by atoms with Crippen LogP contribution in [0, 0.1) is 28.6 Å². The van der Waals surface area contributed by atoms with Gasteiger partial charge in [-0.2, -0.15) is 0 Å². The van der Waals surface area contributed by atoms with E-state index in [0.717, 1.165) is 44.1 Å². The van der Waals surface area contributed by atoms with Crippen LogP contribution < -0.4 is 5.73 Å². The molecule has 3 N–H and O–H groups in total. The smallest absolute Gasteiger partial charge is 0.211 e. The number of amides is 1. The van der Waals surface area contributed by atoms with Gasteiger partial charge in [0.2, 0.25) is 6.41 Å². The van der Waals surface area contributed by atoms with Crippen LogP contribution in [0.1, 0.15) is 79.6 Å². The van der Waals surface area contributed by atoms with Gasteiger partial charge in [-0.05, 0) is 69.4 Å². The summed E-state index contributed by atoms with van der Waals surface area (Å²) in [4.78, 5) is 39.4. The fourth-order valence-corrected chi connectivity index (χ4v) is 8.13. The molecule has 0 aromatic rings. The first-order chi connectivity index (χ1) is 19.4. The van der Waals surface area contributed by atoms with Crippen LogP contribution in [0.25, 0.3) is 0 Å². The van der Waals surface area contributed by atoms with E-state index in [-0.39, 0.29) is 55.3 Å². The maximum absolute atomic E-state index is 14.1. The van der Waals surface area contributed by atoms with Crippen molar-refractivity contribution in [1.29, 1.82) is 0 Å². The van der Waals surface area contributed by atoms with Crippen LogP contribution in [0.3, 0.4) is 0 Å². The van der Waals surface area contributed by atoms with Crippen molar-refractivity contribution in [3.63, 3.8) is 0 Å². The SMILES string of the molecule is CCCC1OCC(C(=O)COCN(C=O)CCCC(C)N)(C2(C)CC(O)C3C(CCC4=CC(=O)C=CC43C)C2C)O1. The summed E-state index contributed by atoms with van der Waals surface area (Å²) in [5.74, 6) is -0.131. The molecule has 0 bridgehead atoms. The van der Waals surface area contributed by atoms with Gasteiger partial charge < -0.3 is 30.0 Å². The molecule has 41 heavy (non-hydrogen) atoms. The lowest BCUT2D eigenvalue weighted by molar-refractivity contribution is -0.209. The second kappa shape index (κ2) is 12.8. The minimum Gasteiger partial charge on any atom is -0.393 e. The number of ether oxygens (including phenoxy) is 3. The predicted octanol–water partition coefficient (Wildman–Crippen LogP) is 3.53. The van der Waals surface area contributed by atoms with Crippen LogP contribution in [0.4, 0.5) is 0 Å². The molecule has 0 radical (unpaired) electrons. The molecule has 4 rings (SSSR count). The van der Waals surface area contributed by atoms with E-state index in [9.17, 15) is 19.5 Å². The molecule has 9 unspecified atom stereocenters. The first-order valence-corrected chi connectivity index (χ1v) is 15.4. The maximum Gasteiger partial charge on any atom is 0.211 e. The largest absolute Gasteiger partial charge is 0.393 e. The molecular formula is C32H50N2O7. The topological polar surface area (TPSA) is 128 Å². The summed E-state index contributed by atoms with van der Waals surface area (Å²) >= 11 is 0. The highest BCUT2D eigenvalue weighted by Gasteiger charge is 2.67. The van der Waals surface area contributed by atoms with Gasteiger partial charge in [-0.3, -0.25) is 14.4 Å². The number of carbonyl (C=O) groups excluding carboxylic acids is 3. The Balaban J connectivity index is 1.55. The van der Waals surface area contributed by atoms with Crippen LogP contribution in [0.5, 0.6) is 0 Å². The van der Waals surface area contributed by atoms with Crippen molar-refractivity contribution in [3.05, 3.63) is 23.8 Å². The molecule has 1 heterocycles. The number of fused-ring (bicyclic) bond motifs is 3. The van der Waals surface area contributed by atoms with E-state index in [1.807, 2.05) is 19.9 Å². The molecule has 9 heteroatoms. The summed E-state index contributed by atoms with van der Waals surface area (Å²) in [5, 5.41) is 11.8. The lowest BCUT2D eigenvalue weighted by Gasteiger charge is -2.61. The van der Waals surface area contributed by atoms with E-state index < -0.39 is 28.8 Å². The zero-order chi connectivity index (χ0) is 30.0. The number of aliphatic hydroxyl groups is 1. The number of nitrogens with two attached hydrogens (primary N) is 1. The third-order valence-corrected chi connectivity index (χ3v) is 10.6. The molecule has 1 aliphatic heterocycles. The Morgan fingerprint density at radius 3 is 2.80 bits per heavy atom. The lowest BCUT2D eigenvalue weighted by Crippen LogP contribution is -2.66.